The lowest BCUT2D eigenvalue weighted by molar-refractivity contribution is 0.102. The molecule has 5 nitrogen and oxygen atoms in total. The predicted molar refractivity (Wildman–Crippen MR) is 90.3 cm³/mol. The van der Waals surface area contributed by atoms with Gasteiger partial charge in [0.25, 0.3) is 5.91 Å². The molecule has 1 aromatic heterocycles. The Balaban J connectivity index is 1.77. The molecular formula is C18H13N3O2. The van der Waals surface area contributed by atoms with Crippen molar-refractivity contribution in [2.75, 3.05) is 11.1 Å². The second-order valence-corrected chi connectivity index (χ2v) is 5.23. The maximum atomic E-state index is 12.6. The minimum absolute atomic E-state index is 0.250. The smallest absolute Gasteiger partial charge is 0.257 e. The van der Waals surface area contributed by atoms with Crippen LogP contribution >= 0.6 is 0 Å². The molecule has 3 N–H and O–H groups in total. The van der Waals surface area contributed by atoms with Gasteiger partial charge in [-0.05, 0) is 29.0 Å². The van der Waals surface area contributed by atoms with E-state index in [2.05, 4.69) is 10.5 Å². The van der Waals surface area contributed by atoms with Gasteiger partial charge in [-0.25, -0.2) is 0 Å². The van der Waals surface area contributed by atoms with E-state index >= 15 is 0 Å². The van der Waals surface area contributed by atoms with Gasteiger partial charge in [0.2, 0.25) is 0 Å². The fraction of sp³-hybridized carbons (Fsp3) is 0. The van der Waals surface area contributed by atoms with Crippen LogP contribution in [0.25, 0.3) is 21.7 Å². The maximum Gasteiger partial charge on any atom is 0.257 e. The summed E-state index contributed by atoms with van der Waals surface area (Å²) in [6.45, 7) is 0. The molecule has 0 spiro atoms. The van der Waals surface area contributed by atoms with Gasteiger partial charge in [0.05, 0.1) is 5.39 Å². The van der Waals surface area contributed by atoms with Crippen LogP contribution < -0.4 is 11.1 Å². The van der Waals surface area contributed by atoms with Crippen molar-refractivity contribution in [3.8, 4) is 0 Å². The van der Waals surface area contributed by atoms with Gasteiger partial charge in [-0.3, -0.25) is 4.79 Å². The van der Waals surface area contributed by atoms with E-state index in [1.54, 1.807) is 24.3 Å². The Hall–Kier alpha value is -3.34. The minimum Gasteiger partial charge on any atom is -0.398 e. The largest absolute Gasteiger partial charge is 0.398 e. The highest BCUT2D eigenvalue weighted by atomic mass is 16.5. The Morgan fingerprint density at radius 2 is 1.78 bits per heavy atom. The number of carbonyl (C=O) groups excluding carboxylic acids is 1. The van der Waals surface area contributed by atoms with Crippen LogP contribution in [0.15, 0.2) is 65.2 Å². The molecule has 4 aromatic rings. The number of nitrogen functional groups attached to an aromatic ring is 1. The lowest BCUT2D eigenvalue weighted by Crippen LogP contribution is -2.13. The molecule has 0 unspecified atom stereocenters. The van der Waals surface area contributed by atoms with Crippen LogP contribution in [0.2, 0.25) is 0 Å². The van der Waals surface area contributed by atoms with Crippen LogP contribution in [0.4, 0.5) is 11.5 Å². The first-order valence-corrected chi connectivity index (χ1v) is 7.17. The van der Waals surface area contributed by atoms with Gasteiger partial charge in [0.15, 0.2) is 11.4 Å². The standard InChI is InChI=1S/C18H13N3O2/c19-14-9-4-10-15-16(14)17(21-23-15)20-18(22)13-8-3-6-11-5-1-2-7-12(11)13/h1-10H,19H2,(H,20,21,22). The van der Waals surface area contributed by atoms with E-state index in [-0.39, 0.29) is 5.91 Å². The number of nitrogens with one attached hydrogen (secondary N) is 1. The molecule has 0 aliphatic rings. The predicted octanol–water partition coefficient (Wildman–Crippen LogP) is 3.82. The average molecular weight is 303 g/mol. The van der Waals surface area contributed by atoms with Crippen molar-refractivity contribution in [1.82, 2.24) is 5.16 Å². The van der Waals surface area contributed by atoms with E-state index in [4.69, 9.17) is 10.3 Å². The molecule has 0 bridgehead atoms. The lowest BCUT2D eigenvalue weighted by Gasteiger charge is -2.06. The number of hydrogen-bond donors (Lipinski definition) is 2. The van der Waals surface area contributed by atoms with E-state index in [9.17, 15) is 4.79 Å². The number of rotatable bonds is 2. The SMILES string of the molecule is Nc1cccc2onc(NC(=O)c3cccc4ccccc34)c12. The Morgan fingerprint density at radius 1 is 1.00 bits per heavy atom. The lowest BCUT2D eigenvalue weighted by atomic mass is 10.0. The molecule has 4 rings (SSSR count). The maximum absolute atomic E-state index is 12.6. The van der Waals surface area contributed by atoms with Crippen LogP contribution in [0.5, 0.6) is 0 Å². The molecule has 0 atom stereocenters. The number of nitrogens with zero attached hydrogens (tertiary/aromatic N) is 1. The number of aromatic nitrogens is 1. The molecule has 0 saturated carbocycles. The molecule has 23 heavy (non-hydrogen) atoms. The monoisotopic (exact) mass is 303 g/mol. The van der Waals surface area contributed by atoms with E-state index in [1.165, 1.54) is 0 Å². The van der Waals surface area contributed by atoms with Crippen molar-refractivity contribution in [1.29, 1.82) is 0 Å². The first-order chi connectivity index (χ1) is 11.2. The van der Waals surface area contributed by atoms with Crippen molar-refractivity contribution in [2.45, 2.75) is 0 Å². The third kappa shape index (κ3) is 2.19. The normalized spacial score (nSPS) is 11.0. The Morgan fingerprint density at radius 3 is 2.70 bits per heavy atom. The summed E-state index contributed by atoms with van der Waals surface area (Å²) in [5.41, 5.74) is 7.58. The highest BCUT2D eigenvalue weighted by Gasteiger charge is 2.16. The van der Waals surface area contributed by atoms with Crippen LogP contribution in [0.3, 0.4) is 0 Å². The summed E-state index contributed by atoms with van der Waals surface area (Å²) in [5, 5.41) is 9.20. The van der Waals surface area contributed by atoms with E-state index in [0.717, 1.165) is 10.8 Å². The quantitative estimate of drug-likeness (QED) is 0.552. The number of nitrogens with two attached hydrogens (primary N) is 1. The zero-order chi connectivity index (χ0) is 15.8. The number of fused-ring (bicyclic) bond motifs is 2. The van der Waals surface area contributed by atoms with Crippen molar-refractivity contribution < 1.29 is 9.32 Å². The summed E-state index contributed by atoms with van der Waals surface area (Å²) in [6, 6.07) is 18.6. The highest BCUT2D eigenvalue weighted by molar-refractivity contribution is 6.15. The van der Waals surface area contributed by atoms with Crippen LogP contribution in [0, 0.1) is 0 Å². The van der Waals surface area contributed by atoms with E-state index < -0.39 is 0 Å². The molecule has 0 fully saturated rings. The number of amides is 1. The Kier molecular flexibility index (Phi) is 2.98. The summed E-state index contributed by atoms with van der Waals surface area (Å²) in [5.74, 6) is 0.0799. The molecule has 1 heterocycles. The molecule has 112 valence electrons. The molecule has 5 heteroatoms. The first kappa shape index (κ1) is 13.3. The van der Waals surface area contributed by atoms with Gasteiger partial charge in [0.1, 0.15) is 0 Å². The summed E-state index contributed by atoms with van der Waals surface area (Å²) >= 11 is 0. The molecule has 0 radical (unpaired) electrons. The second kappa shape index (κ2) is 5.14. The van der Waals surface area contributed by atoms with Gasteiger partial charge < -0.3 is 15.6 Å². The second-order valence-electron chi connectivity index (χ2n) is 5.23. The fourth-order valence-electron chi connectivity index (χ4n) is 2.70. The van der Waals surface area contributed by atoms with Gasteiger partial charge in [-0.2, -0.15) is 0 Å². The third-order valence-corrected chi connectivity index (χ3v) is 3.80. The summed E-state index contributed by atoms with van der Waals surface area (Å²) in [4.78, 5) is 12.6. The fourth-order valence-corrected chi connectivity index (χ4v) is 2.70. The van der Waals surface area contributed by atoms with Crippen molar-refractivity contribution in [2.24, 2.45) is 0 Å². The molecule has 3 aromatic carbocycles. The van der Waals surface area contributed by atoms with Gasteiger partial charge in [-0.1, -0.05) is 47.6 Å². The molecular weight excluding hydrogens is 290 g/mol. The highest BCUT2D eigenvalue weighted by Crippen LogP contribution is 2.29. The van der Waals surface area contributed by atoms with Crippen molar-refractivity contribution in [3.05, 3.63) is 66.2 Å². The summed E-state index contributed by atoms with van der Waals surface area (Å²) in [7, 11) is 0. The summed E-state index contributed by atoms with van der Waals surface area (Å²) in [6.07, 6.45) is 0. The number of anilines is 2. The molecule has 0 saturated heterocycles. The topological polar surface area (TPSA) is 81.2 Å². The van der Waals surface area contributed by atoms with Gasteiger partial charge in [0, 0.05) is 11.3 Å². The first-order valence-electron chi connectivity index (χ1n) is 7.17. The number of hydrogen-bond acceptors (Lipinski definition) is 4. The zero-order valence-corrected chi connectivity index (χ0v) is 12.1. The Labute approximate surface area is 131 Å². The number of carbonyl (C=O) groups is 1. The van der Waals surface area contributed by atoms with Gasteiger partial charge in [-0.15, -0.1) is 0 Å². The zero-order valence-electron chi connectivity index (χ0n) is 12.1. The van der Waals surface area contributed by atoms with Crippen LogP contribution in [-0.4, -0.2) is 11.1 Å². The van der Waals surface area contributed by atoms with Gasteiger partial charge >= 0.3 is 0 Å². The summed E-state index contributed by atoms with van der Waals surface area (Å²) < 4.78 is 5.21. The molecule has 0 aliphatic heterocycles. The molecule has 0 aliphatic carbocycles. The molecule has 1 amide bonds. The van der Waals surface area contributed by atoms with Crippen molar-refractivity contribution >= 4 is 39.2 Å². The van der Waals surface area contributed by atoms with E-state index in [0.29, 0.717) is 28.0 Å². The van der Waals surface area contributed by atoms with Crippen molar-refractivity contribution in [3.63, 3.8) is 0 Å². The van der Waals surface area contributed by atoms with Crippen LogP contribution in [-0.2, 0) is 0 Å². The van der Waals surface area contributed by atoms with Crippen LogP contribution in [0.1, 0.15) is 10.4 Å². The minimum atomic E-state index is -0.250. The number of benzene rings is 3. The van der Waals surface area contributed by atoms with E-state index in [1.807, 2.05) is 36.4 Å². The third-order valence-electron chi connectivity index (χ3n) is 3.80. The average Bonchev–Trinajstić information content (AvgIpc) is 2.98. The Bertz CT molecular complexity index is 1030.